The van der Waals surface area contributed by atoms with Crippen molar-refractivity contribution in [1.29, 1.82) is 5.26 Å². The summed E-state index contributed by atoms with van der Waals surface area (Å²) in [6.45, 7) is 4.04. The van der Waals surface area contributed by atoms with E-state index in [1.165, 1.54) is 36.5 Å². The van der Waals surface area contributed by atoms with Crippen LogP contribution in [0.3, 0.4) is 0 Å². The monoisotopic (exact) mass is 560 g/mol. The van der Waals surface area contributed by atoms with Gasteiger partial charge in [0.15, 0.2) is 23.6 Å². The number of halogens is 3. The van der Waals surface area contributed by atoms with E-state index in [0.29, 0.717) is 5.56 Å². The molecule has 9 nitrogen and oxygen atoms in total. The van der Waals surface area contributed by atoms with E-state index in [9.17, 15) is 28.0 Å². The van der Waals surface area contributed by atoms with Crippen LogP contribution < -0.4 is 0 Å². The van der Waals surface area contributed by atoms with Gasteiger partial charge in [-0.2, -0.15) is 5.26 Å². The molecule has 3 aromatic rings. The van der Waals surface area contributed by atoms with E-state index in [0.717, 1.165) is 17.0 Å². The fraction of sp³-hybridized carbons (Fsp3) is 0.346. The molecule has 0 saturated carbocycles. The van der Waals surface area contributed by atoms with Crippen molar-refractivity contribution in [1.82, 2.24) is 15.0 Å². The van der Waals surface area contributed by atoms with Gasteiger partial charge in [-0.05, 0) is 30.3 Å². The van der Waals surface area contributed by atoms with E-state index in [2.05, 4.69) is 16.4 Å². The van der Waals surface area contributed by atoms with E-state index in [-0.39, 0.29) is 17.9 Å². The molecule has 0 bridgehead atoms. The summed E-state index contributed by atoms with van der Waals surface area (Å²) in [5, 5.41) is 17.4. The Kier molecular flexibility index (Phi) is 8.57. The molecule has 13 heteroatoms. The highest BCUT2D eigenvalue weighted by atomic mass is 32.2. The molecule has 0 radical (unpaired) electrons. The predicted molar refractivity (Wildman–Crippen MR) is 131 cm³/mol. The molecule has 4 rings (SSSR count). The van der Waals surface area contributed by atoms with Crippen LogP contribution in [0.5, 0.6) is 0 Å². The average molecular weight is 561 g/mol. The van der Waals surface area contributed by atoms with Crippen LogP contribution in [-0.2, 0) is 23.8 Å². The third kappa shape index (κ3) is 6.40. The highest BCUT2D eigenvalue weighted by Crippen LogP contribution is 2.43. The third-order valence-electron chi connectivity index (χ3n) is 6.04. The number of hydrogen-bond acceptors (Lipinski definition) is 9. The maximum atomic E-state index is 13.9. The Bertz CT molecular complexity index is 1410. The van der Waals surface area contributed by atoms with Crippen LogP contribution in [0.1, 0.15) is 32.4 Å². The quantitative estimate of drug-likeness (QED) is 0.306. The molecule has 0 amide bonds. The van der Waals surface area contributed by atoms with Crippen molar-refractivity contribution in [2.75, 3.05) is 6.61 Å². The molecule has 39 heavy (non-hydrogen) atoms. The standard InChI is InChI=1S/C26H23F3N4O5S/c1-13-24(33-11-21(31-32-33)17-8-19(27)23(29)20(28)9-17)25(37-15(3)35)22(12-36-14(2)34)38-26(13)39-18-6-4-5-16(7-18)10-30/h4-9,11,13,22,24-26H,12H2,1-3H3/t13?,22?,24-,25+,26-/m1/s1. The number of aromatic nitrogens is 3. The van der Waals surface area contributed by atoms with Gasteiger partial charge in [0, 0.05) is 30.2 Å². The Morgan fingerprint density at radius 3 is 2.51 bits per heavy atom. The summed E-state index contributed by atoms with van der Waals surface area (Å²) in [4.78, 5) is 24.4. The number of carbonyl (C=O) groups excluding carboxylic acids is 2. The van der Waals surface area contributed by atoms with Crippen LogP contribution in [0.2, 0.25) is 0 Å². The molecule has 2 unspecified atom stereocenters. The summed E-state index contributed by atoms with van der Waals surface area (Å²) >= 11 is 1.31. The zero-order valence-corrected chi connectivity index (χ0v) is 21.8. The number of esters is 2. The van der Waals surface area contributed by atoms with E-state index >= 15 is 0 Å². The minimum Gasteiger partial charge on any atom is -0.463 e. The smallest absolute Gasteiger partial charge is 0.303 e. The van der Waals surface area contributed by atoms with Gasteiger partial charge in [0.2, 0.25) is 0 Å². The summed E-state index contributed by atoms with van der Waals surface area (Å²) < 4.78 is 59.6. The van der Waals surface area contributed by atoms with Gasteiger partial charge in [0.25, 0.3) is 0 Å². The van der Waals surface area contributed by atoms with Crippen molar-refractivity contribution >= 4 is 23.7 Å². The number of ether oxygens (including phenoxy) is 3. The highest BCUT2D eigenvalue weighted by molar-refractivity contribution is 7.99. The number of carbonyl (C=O) groups is 2. The first-order chi connectivity index (χ1) is 18.6. The summed E-state index contributed by atoms with van der Waals surface area (Å²) in [7, 11) is 0. The zero-order valence-electron chi connectivity index (χ0n) is 21.0. The number of hydrogen-bond donors (Lipinski definition) is 0. The molecule has 5 atom stereocenters. The van der Waals surface area contributed by atoms with Crippen LogP contribution in [0.15, 0.2) is 47.5 Å². The van der Waals surface area contributed by atoms with Crippen LogP contribution in [-0.4, -0.2) is 51.2 Å². The van der Waals surface area contributed by atoms with Crippen molar-refractivity contribution in [3.63, 3.8) is 0 Å². The molecule has 1 aliphatic heterocycles. The van der Waals surface area contributed by atoms with Gasteiger partial charge in [-0.3, -0.25) is 9.59 Å². The lowest BCUT2D eigenvalue weighted by molar-refractivity contribution is -0.191. The summed E-state index contributed by atoms with van der Waals surface area (Å²) in [5.74, 6) is -5.97. The second-order valence-electron chi connectivity index (χ2n) is 8.86. The largest absolute Gasteiger partial charge is 0.463 e. The zero-order chi connectivity index (χ0) is 28.3. The fourth-order valence-electron chi connectivity index (χ4n) is 4.28. The molecule has 1 saturated heterocycles. The molecule has 2 heterocycles. The number of nitrogens with zero attached hydrogens (tertiary/aromatic N) is 4. The van der Waals surface area contributed by atoms with Crippen molar-refractivity contribution in [2.45, 2.75) is 49.4 Å². The molecular weight excluding hydrogens is 537 g/mol. The van der Waals surface area contributed by atoms with E-state index in [4.69, 9.17) is 14.2 Å². The normalized spacial score (nSPS) is 22.6. The van der Waals surface area contributed by atoms with E-state index < -0.39 is 59.0 Å². The van der Waals surface area contributed by atoms with Crippen molar-refractivity contribution < 1.29 is 37.0 Å². The molecule has 1 aromatic heterocycles. The molecular formula is C26H23F3N4O5S. The first-order valence-electron chi connectivity index (χ1n) is 11.8. The van der Waals surface area contributed by atoms with Crippen LogP contribution >= 0.6 is 11.8 Å². The lowest BCUT2D eigenvalue weighted by Crippen LogP contribution is -2.53. The molecule has 204 valence electrons. The van der Waals surface area contributed by atoms with Crippen molar-refractivity contribution in [2.24, 2.45) is 5.92 Å². The maximum Gasteiger partial charge on any atom is 0.303 e. The van der Waals surface area contributed by atoms with Gasteiger partial charge in [-0.1, -0.05) is 30.0 Å². The summed E-state index contributed by atoms with van der Waals surface area (Å²) in [6.07, 6.45) is -0.505. The number of rotatable bonds is 7. The maximum absolute atomic E-state index is 13.9. The third-order valence-corrected chi connectivity index (χ3v) is 7.34. The summed E-state index contributed by atoms with van der Waals surface area (Å²) in [5.41, 5.74) is -0.133. The summed E-state index contributed by atoms with van der Waals surface area (Å²) in [6, 6.07) is 9.85. The lowest BCUT2D eigenvalue weighted by atomic mass is 9.90. The predicted octanol–water partition coefficient (Wildman–Crippen LogP) is 4.42. The van der Waals surface area contributed by atoms with Gasteiger partial charge < -0.3 is 14.2 Å². The van der Waals surface area contributed by atoms with Crippen molar-refractivity contribution in [3.8, 4) is 17.3 Å². The minimum absolute atomic E-state index is 0.0443. The lowest BCUT2D eigenvalue weighted by Gasteiger charge is -2.44. The van der Waals surface area contributed by atoms with Crippen LogP contribution in [0.4, 0.5) is 13.2 Å². The molecule has 1 fully saturated rings. The van der Waals surface area contributed by atoms with Gasteiger partial charge in [0.1, 0.15) is 23.8 Å². The number of thioether (sulfide) groups is 1. The SMILES string of the molecule is CC(=O)OCC1O[C@H](Sc2cccc(C#N)c2)C(C)[C@@H](n2cc(-c3cc(F)c(F)c(F)c3)nn2)[C@H]1OC(C)=O. The topological polar surface area (TPSA) is 116 Å². The van der Waals surface area contributed by atoms with Crippen molar-refractivity contribution in [3.05, 3.63) is 65.6 Å². The Labute approximate surface area is 225 Å². The Balaban J connectivity index is 1.73. The number of nitriles is 1. The van der Waals surface area contributed by atoms with E-state index in [1.54, 1.807) is 24.3 Å². The van der Waals surface area contributed by atoms with Gasteiger partial charge in [0.05, 0.1) is 23.9 Å². The second-order valence-corrected chi connectivity index (χ2v) is 10.0. The molecule has 2 aromatic carbocycles. The first kappa shape index (κ1) is 28.1. The Hall–Kier alpha value is -3.89. The van der Waals surface area contributed by atoms with Gasteiger partial charge in [-0.25, -0.2) is 17.9 Å². The van der Waals surface area contributed by atoms with Crippen LogP contribution in [0.25, 0.3) is 11.3 Å². The molecule has 0 N–H and O–H groups in total. The second kappa shape index (κ2) is 11.9. The highest BCUT2D eigenvalue weighted by Gasteiger charge is 2.48. The van der Waals surface area contributed by atoms with Crippen LogP contribution in [0, 0.1) is 34.7 Å². The first-order valence-corrected chi connectivity index (χ1v) is 12.6. The Morgan fingerprint density at radius 2 is 1.87 bits per heavy atom. The minimum atomic E-state index is -1.60. The average Bonchev–Trinajstić information content (AvgIpc) is 3.37. The Morgan fingerprint density at radius 1 is 1.15 bits per heavy atom. The van der Waals surface area contributed by atoms with Gasteiger partial charge >= 0.3 is 11.9 Å². The van der Waals surface area contributed by atoms with E-state index in [1.807, 2.05) is 6.92 Å². The van der Waals surface area contributed by atoms with Gasteiger partial charge in [-0.15, -0.1) is 5.10 Å². The molecule has 0 aliphatic carbocycles. The molecule has 1 aliphatic rings. The fourth-order valence-corrected chi connectivity index (χ4v) is 5.48. The molecule has 0 spiro atoms. The number of benzene rings is 2.